The Morgan fingerprint density at radius 2 is 1.60 bits per heavy atom. The highest BCUT2D eigenvalue weighted by Crippen LogP contribution is 2.37. The number of benzene rings is 3. The largest absolute Gasteiger partial charge is 0.496 e. The van der Waals surface area contributed by atoms with Crippen LogP contribution in [0.4, 0.5) is 0 Å². The van der Waals surface area contributed by atoms with Gasteiger partial charge in [-0.2, -0.15) is 0 Å². The molecule has 0 fully saturated rings. The molecule has 0 amide bonds. The minimum Gasteiger partial charge on any atom is -0.496 e. The molecule has 0 saturated carbocycles. The lowest BCUT2D eigenvalue weighted by molar-refractivity contribution is 0.406. The molecule has 4 aromatic rings. The van der Waals surface area contributed by atoms with Crippen molar-refractivity contribution in [2.45, 2.75) is 43.4 Å². The number of rotatable bonds is 7. The SMILES string of the molecule is COc1ccc(C)cc1[C@@H](NS(=O)C(C)(C)C)c1cc2ccccc2n1S(=O)(=O)c1ccccc1. The van der Waals surface area contributed by atoms with E-state index in [0.717, 1.165) is 10.9 Å². The van der Waals surface area contributed by atoms with Gasteiger partial charge >= 0.3 is 0 Å². The first-order valence-electron chi connectivity index (χ1n) is 11.3. The van der Waals surface area contributed by atoms with E-state index < -0.39 is 31.8 Å². The van der Waals surface area contributed by atoms with Gasteiger partial charge < -0.3 is 4.74 Å². The molecule has 8 heteroatoms. The van der Waals surface area contributed by atoms with E-state index in [1.54, 1.807) is 43.5 Å². The zero-order valence-electron chi connectivity index (χ0n) is 20.5. The van der Waals surface area contributed by atoms with Crippen LogP contribution in [-0.4, -0.2) is 28.5 Å². The van der Waals surface area contributed by atoms with Crippen LogP contribution in [0, 0.1) is 6.92 Å². The van der Waals surface area contributed by atoms with Crippen LogP contribution >= 0.6 is 0 Å². The Kier molecular flexibility index (Phi) is 6.90. The van der Waals surface area contributed by atoms with Gasteiger partial charge in [0.15, 0.2) is 0 Å². The van der Waals surface area contributed by atoms with Crippen LogP contribution in [0.5, 0.6) is 5.75 Å². The molecule has 0 spiro atoms. The molecule has 35 heavy (non-hydrogen) atoms. The Labute approximate surface area is 209 Å². The molecule has 0 saturated heterocycles. The second-order valence-corrected chi connectivity index (χ2v) is 13.2. The average molecular weight is 511 g/mol. The summed E-state index contributed by atoms with van der Waals surface area (Å²) in [5, 5.41) is 0.766. The van der Waals surface area contributed by atoms with Crippen molar-refractivity contribution < 1.29 is 17.4 Å². The number of hydrogen-bond acceptors (Lipinski definition) is 4. The van der Waals surface area contributed by atoms with Gasteiger partial charge in [-0.3, -0.25) is 0 Å². The molecule has 184 valence electrons. The summed E-state index contributed by atoms with van der Waals surface area (Å²) in [5.41, 5.74) is 2.68. The van der Waals surface area contributed by atoms with E-state index in [-0.39, 0.29) is 4.90 Å². The minimum absolute atomic E-state index is 0.175. The lowest BCUT2D eigenvalue weighted by Crippen LogP contribution is -2.37. The van der Waals surface area contributed by atoms with Crippen molar-refractivity contribution in [3.63, 3.8) is 0 Å². The summed E-state index contributed by atoms with van der Waals surface area (Å²) in [4.78, 5) is 0.175. The van der Waals surface area contributed by atoms with E-state index in [2.05, 4.69) is 4.72 Å². The molecule has 1 heterocycles. The molecular formula is C27H30N2O4S2. The van der Waals surface area contributed by atoms with Gasteiger partial charge in [-0.1, -0.05) is 54.1 Å². The van der Waals surface area contributed by atoms with Gasteiger partial charge in [0.1, 0.15) is 5.75 Å². The second kappa shape index (κ2) is 9.60. The smallest absolute Gasteiger partial charge is 0.268 e. The molecule has 1 aromatic heterocycles. The summed E-state index contributed by atoms with van der Waals surface area (Å²) >= 11 is 0. The van der Waals surface area contributed by atoms with Gasteiger partial charge in [-0.25, -0.2) is 21.3 Å². The number of aryl methyl sites for hydroxylation is 1. The lowest BCUT2D eigenvalue weighted by Gasteiger charge is -2.27. The molecule has 0 aliphatic rings. The van der Waals surface area contributed by atoms with Gasteiger partial charge in [0.05, 0.1) is 45.0 Å². The molecule has 1 unspecified atom stereocenters. The Morgan fingerprint density at radius 3 is 2.26 bits per heavy atom. The average Bonchev–Trinajstić information content (AvgIpc) is 3.22. The number of para-hydroxylation sites is 1. The molecule has 2 atom stereocenters. The summed E-state index contributed by atoms with van der Waals surface area (Å²) < 4.78 is 51.0. The van der Waals surface area contributed by atoms with Crippen LogP contribution in [0.2, 0.25) is 0 Å². The summed E-state index contributed by atoms with van der Waals surface area (Å²) in [6.45, 7) is 7.57. The van der Waals surface area contributed by atoms with Crippen LogP contribution in [0.25, 0.3) is 10.9 Å². The van der Waals surface area contributed by atoms with Crippen LogP contribution < -0.4 is 9.46 Å². The van der Waals surface area contributed by atoms with Crippen LogP contribution in [-0.2, 0) is 21.0 Å². The van der Waals surface area contributed by atoms with E-state index in [1.807, 2.05) is 70.2 Å². The molecule has 4 rings (SSSR count). The third kappa shape index (κ3) is 4.91. The normalized spacial score (nSPS) is 14.1. The number of fused-ring (bicyclic) bond motifs is 1. The summed E-state index contributed by atoms with van der Waals surface area (Å²) in [6, 6.07) is 22.5. The highest BCUT2D eigenvalue weighted by molar-refractivity contribution is 7.90. The molecule has 3 aromatic carbocycles. The summed E-state index contributed by atoms with van der Waals surface area (Å²) in [5.74, 6) is 0.577. The van der Waals surface area contributed by atoms with E-state index in [4.69, 9.17) is 4.74 Å². The minimum atomic E-state index is -3.97. The first-order chi connectivity index (χ1) is 16.5. The van der Waals surface area contributed by atoms with Crippen LogP contribution in [0.15, 0.2) is 83.8 Å². The molecule has 0 radical (unpaired) electrons. The Hall–Kier alpha value is -2.94. The number of ether oxygens (including phenoxy) is 1. The van der Waals surface area contributed by atoms with Crippen molar-refractivity contribution in [1.82, 2.24) is 8.69 Å². The van der Waals surface area contributed by atoms with Gasteiger partial charge in [-0.05, 0) is 58.0 Å². The molecule has 0 aliphatic heterocycles. The highest BCUT2D eigenvalue weighted by atomic mass is 32.2. The van der Waals surface area contributed by atoms with E-state index in [0.29, 0.717) is 22.5 Å². The van der Waals surface area contributed by atoms with Crippen molar-refractivity contribution in [1.29, 1.82) is 0 Å². The van der Waals surface area contributed by atoms with Gasteiger partial charge in [0, 0.05) is 10.9 Å². The number of aromatic nitrogens is 1. The fourth-order valence-corrected chi connectivity index (χ4v) is 6.35. The van der Waals surface area contributed by atoms with E-state index in [9.17, 15) is 12.6 Å². The second-order valence-electron chi connectivity index (χ2n) is 9.39. The Bertz CT molecular complexity index is 1490. The predicted octanol–water partition coefficient (Wildman–Crippen LogP) is 5.34. The van der Waals surface area contributed by atoms with Crippen LogP contribution in [0.3, 0.4) is 0 Å². The molecule has 1 N–H and O–H groups in total. The zero-order chi connectivity index (χ0) is 25.4. The monoisotopic (exact) mass is 510 g/mol. The van der Waals surface area contributed by atoms with E-state index in [1.165, 1.54) is 3.97 Å². The van der Waals surface area contributed by atoms with Crippen molar-refractivity contribution >= 4 is 31.9 Å². The van der Waals surface area contributed by atoms with Crippen LogP contribution in [0.1, 0.15) is 43.6 Å². The fourth-order valence-electron chi connectivity index (χ4n) is 3.96. The first-order valence-corrected chi connectivity index (χ1v) is 13.9. The Morgan fingerprint density at radius 1 is 0.943 bits per heavy atom. The molecular weight excluding hydrogens is 480 g/mol. The van der Waals surface area contributed by atoms with Gasteiger partial charge in [-0.15, -0.1) is 0 Å². The number of hydrogen-bond donors (Lipinski definition) is 1. The summed E-state index contributed by atoms with van der Waals surface area (Å²) in [7, 11) is -3.90. The molecule has 0 bridgehead atoms. The topological polar surface area (TPSA) is 77.4 Å². The van der Waals surface area contributed by atoms with Crippen molar-refractivity contribution in [2.75, 3.05) is 7.11 Å². The third-order valence-electron chi connectivity index (χ3n) is 5.75. The quantitative estimate of drug-likeness (QED) is 0.364. The maximum atomic E-state index is 14.0. The fraction of sp³-hybridized carbons (Fsp3) is 0.259. The standard InChI is InChI=1S/C27H30N2O4S2/c1-19-15-16-25(33-5)22(17-19)26(28-34(30)27(2,3)4)24-18-20-11-9-10-14-23(20)29(24)35(31,32)21-12-7-6-8-13-21/h6-18,26,28H,1-5H3/t26-,34?/m1/s1. The van der Waals surface area contributed by atoms with Crippen molar-refractivity contribution in [3.05, 3.63) is 95.7 Å². The van der Waals surface area contributed by atoms with Crippen molar-refractivity contribution in [3.8, 4) is 5.75 Å². The number of nitrogens with zero attached hydrogens (tertiary/aromatic N) is 1. The van der Waals surface area contributed by atoms with Crippen molar-refractivity contribution in [2.24, 2.45) is 0 Å². The Balaban J connectivity index is 2.05. The summed E-state index contributed by atoms with van der Waals surface area (Å²) in [6.07, 6.45) is 0. The molecule has 6 nitrogen and oxygen atoms in total. The van der Waals surface area contributed by atoms with E-state index >= 15 is 0 Å². The zero-order valence-corrected chi connectivity index (χ0v) is 22.1. The first kappa shape index (κ1) is 25.2. The number of methoxy groups -OCH3 is 1. The lowest BCUT2D eigenvalue weighted by atomic mass is 10.0. The molecule has 0 aliphatic carbocycles. The maximum absolute atomic E-state index is 14.0. The maximum Gasteiger partial charge on any atom is 0.268 e. The third-order valence-corrected chi connectivity index (χ3v) is 9.07. The number of nitrogens with one attached hydrogen (secondary N) is 1. The van der Waals surface area contributed by atoms with Gasteiger partial charge in [0.25, 0.3) is 10.0 Å². The predicted molar refractivity (Wildman–Crippen MR) is 142 cm³/mol. The van der Waals surface area contributed by atoms with Gasteiger partial charge in [0.2, 0.25) is 0 Å². The highest BCUT2D eigenvalue weighted by Gasteiger charge is 2.32.